The number of halogens is 1. The highest BCUT2D eigenvalue weighted by molar-refractivity contribution is 6.33. The molecule has 18 heavy (non-hydrogen) atoms. The van der Waals surface area contributed by atoms with E-state index in [9.17, 15) is 9.59 Å². The topological polar surface area (TPSA) is 87.5 Å². The molecule has 1 saturated heterocycles. The first kappa shape index (κ1) is 12.5. The summed E-state index contributed by atoms with van der Waals surface area (Å²) in [4.78, 5) is 24.4. The Morgan fingerprint density at radius 3 is 2.94 bits per heavy atom. The van der Waals surface area contributed by atoms with Gasteiger partial charge >= 0.3 is 6.03 Å². The van der Waals surface area contributed by atoms with Gasteiger partial charge in [0.1, 0.15) is 6.54 Å². The summed E-state index contributed by atoms with van der Waals surface area (Å²) in [6.45, 7) is 1.13. The number of carbonyl (C=O) groups excluding carboxylic acids is 2. The van der Waals surface area contributed by atoms with Crippen LogP contribution in [0.4, 0.5) is 16.2 Å². The zero-order valence-electron chi connectivity index (χ0n) is 9.57. The molecule has 0 atom stereocenters. The van der Waals surface area contributed by atoms with Crippen molar-refractivity contribution in [2.24, 2.45) is 0 Å². The number of nitrogens with two attached hydrogens (primary N) is 1. The molecule has 0 bridgehead atoms. The fourth-order valence-corrected chi connectivity index (χ4v) is 1.77. The number of nitrogens with one attached hydrogen (secondary N) is 2. The lowest BCUT2D eigenvalue weighted by molar-refractivity contribution is -0.116. The van der Waals surface area contributed by atoms with Crippen LogP contribution in [-0.2, 0) is 4.79 Å². The molecular weight excluding hydrogens is 256 g/mol. The van der Waals surface area contributed by atoms with Crippen molar-refractivity contribution in [2.75, 3.05) is 30.7 Å². The highest BCUT2D eigenvalue weighted by atomic mass is 35.5. The van der Waals surface area contributed by atoms with Crippen LogP contribution in [0.25, 0.3) is 0 Å². The third-order valence-corrected chi connectivity index (χ3v) is 2.90. The van der Waals surface area contributed by atoms with E-state index in [0.29, 0.717) is 29.5 Å². The zero-order chi connectivity index (χ0) is 13.1. The van der Waals surface area contributed by atoms with Crippen molar-refractivity contribution in [1.82, 2.24) is 10.2 Å². The maximum Gasteiger partial charge on any atom is 0.317 e. The van der Waals surface area contributed by atoms with Crippen LogP contribution in [0.1, 0.15) is 0 Å². The molecule has 4 N–H and O–H groups in total. The van der Waals surface area contributed by atoms with Crippen molar-refractivity contribution >= 4 is 34.9 Å². The molecule has 6 nitrogen and oxygen atoms in total. The lowest BCUT2D eigenvalue weighted by Gasteiger charge is -2.14. The van der Waals surface area contributed by atoms with Crippen LogP contribution in [0.15, 0.2) is 18.2 Å². The van der Waals surface area contributed by atoms with Gasteiger partial charge in [-0.05, 0) is 18.2 Å². The zero-order valence-corrected chi connectivity index (χ0v) is 10.3. The Morgan fingerprint density at radius 1 is 1.56 bits per heavy atom. The molecule has 1 fully saturated rings. The lowest BCUT2D eigenvalue weighted by atomic mass is 10.3. The molecule has 1 aromatic rings. The number of hydrogen-bond donors (Lipinski definition) is 3. The number of urea groups is 1. The third-order valence-electron chi connectivity index (χ3n) is 2.56. The van der Waals surface area contributed by atoms with Gasteiger partial charge in [0.25, 0.3) is 0 Å². The molecule has 0 spiro atoms. The van der Waals surface area contributed by atoms with E-state index in [-0.39, 0.29) is 18.5 Å². The Labute approximate surface area is 109 Å². The van der Waals surface area contributed by atoms with Gasteiger partial charge in [-0.2, -0.15) is 0 Å². The smallest absolute Gasteiger partial charge is 0.317 e. The number of nitrogens with zero attached hydrogens (tertiary/aromatic N) is 1. The van der Waals surface area contributed by atoms with Crippen LogP contribution in [-0.4, -0.2) is 36.5 Å². The molecule has 0 saturated carbocycles. The largest absolute Gasteiger partial charge is 0.397 e. The summed E-state index contributed by atoms with van der Waals surface area (Å²) in [5.41, 5.74) is 6.58. The van der Waals surface area contributed by atoms with Gasteiger partial charge in [0.05, 0.1) is 10.7 Å². The number of anilines is 2. The van der Waals surface area contributed by atoms with Crippen molar-refractivity contribution in [3.05, 3.63) is 23.2 Å². The number of hydrogen-bond acceptors (Lipinski definition) is 3. The summed E-state index contributed by atoms with van der Waals surface area (Å²) in [7, 11) is 0. The van der Waals surface area contributed by atoms with E-state index in [4.69, 9.17) is 17.3 Å². The van der Waals surface area contributed by atoms with Crippen molar-refractivity contribution in [2.45, 2.75) is 0 Å². The molecule has 0 aliphatic carbocycles. The summed E-state index contributed by atoms with van der Waals surface area (Å²) in [6, 6.07) is 4.61. The van der Waals surface area contributed by atoms with Crippen molar-refractivity contribution in [1.29, 1.82) is 0 Å². The first-order valence-electron chi connectivity index (χ1n) is 5.44. The van der Waals surface area contributed by atoms with Crippen molar-refractivity contribution in [3.8, 4) is 0 Å². The molecule has 96 valence electrons. The van der Waals surface area contributed by atoms with Gasteiger partial charge in [0, 0.05) is 18.8 Å². The predicted molar refractivity (Wildman–Crippen MR) is 69.5 cm³/mol. The first-order chi connectivity index (χ1) is 8.56. The molecule has 1 aromatic carbocycles. The van der Waals surface area contributed by atoms with Gasteiger partial charge in [-0.15, -0.1) is 0 Å². The fourth-order valence-electron chi connectivity index (χ4n) is 1.66. The third kappa shape index (κ3) is 2.84. The van der Waals surface area contributed by atoms with E-state index < -0.39 is 0 Å². The number of carbonyl (C=O) groups is 2. The van der Waals surface area contributed by atoms with Crippen molar-refractivity contribution in [3.63, 3.8) is 0 Å². The van der Waals surface area contributed by atoms with Gasteiger partial charge in [-0.25, -0.2) is 4.79 Å². The van der Waals surface area contributed by atoms with Crippen LogP contribution < -0.4 is 16.4 Å². The minimum atomic E-state index is -0.270. The van der Waals surface area contributed by atoms with Crippen LogP contribution in [0.2, 0.25) is 5.02 Å². The van der Waals surface area contributed by atoms with Gasteiger partial charge in [0.2, 0.25) is 5.91 Å². The molecule has 3 amide bonds. The molecular formula is C11H13ClN4O2. The van der Waals surface area contributed by atoms with E-state index in [1.807, 2.05) is 0 Å². The second kappa shape index (κ2) is 5.14. The number of benzene rings is 1. The molecule has 0 radical (unpaired) electrons. The minimum absolute atomic E-state index is 0.0222. The summed E-state index contributed by atoms with van der Waals surface area (Å²) in [5.74, 6) is -0.270. The van der Waals surface area contributed by atoms with Crippen LogP contribution in [0.5, 0.6) is 0 Å². The second-order valence-corrected chi connectivity index (χ2v) is 4.35. The Bertz CT molecular complexity index is 492. The summed E-state index contributed by atoms with van der Waals surface area (Å²) in [5, 5.41) is 5.72. The van der Waals surface area contributed by atoms with Crippen LogP contribution in [0.3, 0.4) is 0 Å². The predicted octanol–water partition coefficient (Wildman–Crippen LogP) is 0.886. The van der Waals surface area contributed by atoms with Gasteiger partial charge in [0.15, 0.2) is 0 Å². The second-order valence-electron chi connectivity index (χ2n) is 3.94. The fraction of sp³-hybridized carbons (Fsp3) is 0.273. The van der Waals surface area contributed by atoms with E-state index in [1.165, 1.54) is 4.90 Å². The number of amides is 3. The average Bonchev–Trinajstić information content (AvgIpc) is 2.70. The quantitative estimate of drug-likeness (QED) is 0.712. The minimum Gasteiger partial charge on any atom is -0.397 e. The van der Waals surface area contributed by atoms with E-state index in [1.54, 1.807) is 18.2 Å². The van der Waals surface area contributed by atoms with Gasteiger partial charge < -0.3 is 21.3 Å². The Morgan fingerprint density at radius 2 is 2.33 bits per heavy atom. The summed E-state index contributed by atoms with van der Waals surface area (Å²) in [6.07, 6.45) is 0. The average molecular weight is 269 g/mol. The Kier molecular flexibility index (Phi) is 3.57. The Hall–Kier alpha value is -1.95. The van der Waals surface area contributed by atoms with E-state index >= 15 is 0 Å². The van der Waals surface area contributed by atoms with Crippen molar-refractivity contribution < 1.29 is 9.59 Å². The molecule has 0 unspecified atom stereocenters. The molecule has 1 heterocycles. The number of nitrogen functional groups attached to an aromatic ring is 1. The molecule has 2 rings (SSSR count). The maximum atomic E-state index is 11.7. The SMILES string of the molecule is Nc1cc(NC(=O)CN2CCNC2=O)ccc1Cl. The molecule has 1 aliphatic rings. The molecule has 1 aliphatic heterocycles. The normalized spacial score (nSPS) is 14.5. The first-order valence-corrected chi connectivity index (χ1v) is 5.82. The van der Waals surface area contributed by atoms with E-state index in [2.05, 4.69) is 10.6 Å². The lowest BCUT2D eigenvalue weighted by Crippen LogP contribution is -2.35. The monoisotopic (exact) mass is 268 g/mol. The van der Waals surface area contributed by atoms with E-state index in [0.717, 1.165) is 0 Å². The number of rotatable bonds is 3. The van der Waals surface area contributed by atoms with Gasteiger partial charge in [-0.1, -0.05) is 11.6 Å². The standard InChI is InChI=1S/C11H13ClN4O2/c12-8-2-1-7(5-9(8)13)15-10(17)6-16-4-3-14-11(16)18/h1-2,5H,3-4,6,13H2,(H,14,18)(H,15,17). The summed E-state index contributed by atoms with van der Waals surface area (Å²) < 4.78 is 0. The van der Waals surface area contributed by atoms with Crippen LogP contribution >= 0.6 is 11.6 Å². The highest BCUT2D eigenvalue weighted by Gasteiger charge is 2.21. The van der Waals surface area contributed by atoms with Gasteiger partial charge in [-0.3, -0.25) is 4.79 Å². The summed E-state index contributed by atoms with van der Waals surface area (Å²) >= 11 is 5.77. The van der Waals surface area contributed by atoms with Crippen LogP contribution in [0, 0.1) is 0 Å². The highest BCUT2D eigenvalue weighted by Crippen LogP contribution is 2.22. The molecule has 0 aromatic heterocycles. The molecule has 7 heteroatoms. The maximum absolute atomic E-state index is 11.7. The Balaban J connectivity index is 1.94.